The maximum absolute atomic E-state index is 12.2. The second kappa shape index (κ2) is 4.65. The molecule has 90 valence electrons. The van der Waals surface area contributed by atoms with Crippen molar-refractivity contribution in [3.8, 4) is 0 Å². The van der Waals surface area contributed by atoms with Gasteiger partial charge < -0.3 is 5.73 Å². The smallest absolute Gasteiger partial charge is 0.321 e. The van der Waals surface area contributed by atoms with Gasteiger partial charge in [0.1, 0.15) is 5.82 Å². The van der Waals surface area contributed by atoms with E-state index in [1.807, 2.05) is 6.92 Å². The number of alkyl halides is 3. The van der Waals surface area contributed by atoms with Gasteiger partial charge in [0.2, 0.25) is 0 Å². The van der Waals surface area contributed by atoms with E-state index in [0.717, 1.165) is 0 Å². The van der Waals surface area contributed by atoms with Crippen LogP contribution in [0.2, 0.25) is 0 Å². The van der Waals surface area contributed by atoms with Gasteiger partial charge in [-0.3, -0.25) is 5.10 Å². The fourth-order valence-electron chi connectivity index (χ4n) is 1.18. The van der Waals surface area contributed by atoms with Crippen LogP contribution in [0.25, 0.3) is 0 Å². The zero-order valence-corrected chi connectivity index (χ0v) is 8.75. The predicted octanol–water partition coefficient (Wildman–Crippen LogP) is 2.04. The number of hydrogen-bond acceptors (Lipinski definition) is 3. The molecule has 0 amide bonds. The van der Waals surface area contributed by atoms with E-state index in [4.69, 9.17) is 5.73 Å². The van der Waals surface area contributed by atoms with Crippen molar-refractivity contribution >= 4 is 0 Å². The number of aromatic nitrogens is 3. The second-order valence-electron chi connectivity index (χ2n) is 3.60. The maximum atomic E-state index is 12.2. The van der Waals surface area contributed by atoms with Crippen molar-refractivity contribution in [3.05, 3.63) is 24.3 Å². The molecule has 0 aliphatic carbocycles. The Bertz CT molecular complexity index is 358. The highest BCUT2D eigenvalue weighted by atomic mass is 19.4. The van der Waals surface area contributed by atoms with Crippen molar-refractivity contribution in [2.45, 2.75) is 25.6 Å². The summed E-state index contributed by atoms with van der Waals surface area (Å²) in [5, 5.41) is 5.28. The van der Waals surface area contributed by atoms with Gasteiger partial charge in [-0.2, -0.15) is 13.2 Å². The van der Waals surface area contributed by atoms with Crippen LogP contribution in [0.4, 0.5) is 13.2 Å². The van der Waals surface area contributed by atoms with Crippen LogP contribution in [0.1, 0.15) is 31.0 Å². The standard InChI is InChI=1S/C9H13F3N4/c1-3-5(2)4-6(13)7-14-8(16-15-7)9(10,11)12/h3,5-6H,1,4,13H2,2H3,(H,14,15,16). The minimum Gasteiger partial charge on any atom is -0.321 e. The topological polar surface area (TPSA) is 67.6 Å². The summed E-state index contributed by atoms with van der Waals surface area (Å²) in [5.41, 5.74) is 5.68. The fraction of sp³-hybridized carbons (Fsp3) is 0.556. The molecular weight excluding hydrogens is 221 g/mol. The Labute approximate surface area is 90.7 Å². The number of rotatable bonds is 4. The third-order valence-corrected chi connectivity index (χ3v) is 2.14. The van der Waals surface area contributed by atoms with E-state index in [0.29, 0.717) is 6.42 Å². The van der Waals surface area contributed by atoms with Crippen molar-refractivity contribution < 1.29 is 13.2 Å². The molecule has 2 atom stereocenters. The molecule has 0 spiro atoms. The van der Waals surface area contributed by atoms with E-state index in [9.17, 15) is 13.2 Å². The summed E-state index contributed by atoms with van der Waals surface area (Å²) in [6.45, 7) is 5.44. The molecule has 1 aromatic heterocycles. The van der Waals surface area contributed by atoms with Crippen LogP contribution in [0.5, 0.6) is 0 Å². The summed E-state index contributed by atoms with van der Waals surface area (Å²) in [6, 6.07) is -0.600. The van der Waals surface area contributed by atoms with Crippen molar-refractivity contribution in [1.29, 1.82) is 0 Å². The Balaban J connectivity index is 2.74. The van der Waals surface area contributed by atoms with Crippen LogP contribution in [0, 0.1) is 5.92 Å². The fourth-order valence-corrected chi connectivity index (χ4v) is 1.18. The minimum atomic E-state index is -4.54. The predicted molar refractivity (Wildman–Crippen MR) is 52.3 cm³/mol. The van der Waals surface area contributed by atoms with Gasteiger partial charge in [0.05, 0.1) is 6.04 Å². The molecule has 4 nitrogen and oxygen atoms in total. The summed E-state index contributed by atoms with van der Waals surface area (Å²) in [4.78, 5) is 3.32. The van der Waals surface area contributed by atoms with E-state index < -0.39 is 18.0 Å². The second-order valence-corrected chi connectivity index (χ2v) is 3.60. The van der Waals surface area contributed by atoms with Gasteiger partial charge in [0.25, 0.3) is 5.82 Å². The molecule has 1 heterocycles. The van der Waals surface area contributed by atoms with Crippen molar-refractivity contribution in [1.82, 2.24) is 15.2 Å². The molecule has 0 fully saturated rings. The molecule has 0 saturated heterocycles. The Morgan fingerprint density at radius 3 is 2.62 bits per heavy atom. The number of nitrogens with zero attached hydrogens (tertiary/aromatic N) is 2. The molecular formula is C9H13F3N4. The van der Waals surface area contributed by atoms with Crippen LogP contribution in [0.3, 0.4) is 0 Å². The zero-order valence-electron chi connectivity index (χ0n) is 8.75. The average Bonchev–Trinajstić information content (AvgIpc) is 2.65. The molecule has 16 heavy (non-hydrogen) atoms. The Hall–Kier alpha value is -1.37. The lowest BCUT2D eigenvalue weighted by molar-refractivity contribution is -0.144. The van der Waals surface area contributed by atoms with Gasteiger partial charge in [-0.15, -0.1) is 11.7 Å². The number of H-pyrrole nitrogens is 1. The monoisotopic (exact) mass is 234 g/mol. The summed E-state index contributed by atoms with van der Waals surface area (Å²) in [6.07, 6.45) is -2.39. The maximum Gasteiger partial charge on any atom is 0.453 e. The Morgan fingerprint density at radius 2 is 2.19 bits per heavy atom. The minimum absolute atomic E-state index is 0.0426. The molecule has 7 heteroatoms. The van der Waals surface area contributed by atoms with Gasteiger partial charge in [-0.25, -0.2) is 4.98 Å². The lowest BCUT2D eigenvalue weighted by atomic mass is 10.0. The SMILES string of the molecule is C=CC(C)CC(N)c1nc(C(F)(F)F)n[nH]1. The van der Waals surface area contributed by atoms with Crippen molar-refractivity contribution in [2.75, 3.05) is 0 Å². The molecule has 2 unspecified atom stereocenters. The van der Waals surface area contributed by atoms with Gasteiger partial charge in [-0.1, -0.05) is 13.0 Å². The van der Waals surface area contributed by atoms with Crippen LogP contribution in [-0.4, -0.2) is 15.2 Å². The lowest BCUT2D eigenvalue weighted by Crippen LogP contribution is -2.15. The third kappa shape index (κ3) is 3.06. The van der Waals surface area contributed by atoms with Crippen LogP contribution in [-0.2, 0) is 6.18 Å². The number of aromatic amines is 1. The Morgan fingerprint density at radius 1 is 1.56 bits per heavy atom. The number of nitrogens with two attached hydrogens (primary N) is 1. The van der Waals surface area contributed by atoms with Gasteiger partial charge in [0.15, 0.2) is 0 Å². The molecule has 1 aromatic rings. The number of allylic oxidation sites excluding steroid dienone is 1. The lowest BCUT2D eigenvalue weighted by Gasteiger charge is -2.11. The van der Waals surface area contributed by atoms with Gasteiger partial charge in [0, 0.05) is 0 Å². The normalized spacial score (nSPS) is 15.8. The van der Waals surface area contributed by atoms with E-state index in [-0.39, 0.29) is 11.7 Å². The molecule has 0 aromatic carbocycles. The Kier molecular flexibility index (Phi) is 3.69. The highest BCUT2D eigenvalue weighted by Crippen LogP contribution is 2.27. The van der Waals surface area contributed by atoms with E-state index in [1.54, 1.807) is 6.08 Å². The highest BCUT2D eigenvalue weighted by Gasteiger charge is 2.36. The first-order chi connectivity index (χ1) is 7.34. The van der Waals surface area contributed by atoms with Crippen LogP contribution in [0.15, 0.2) is 12.7 Å². The molecule has 0 bridgehead atoms. The van der Waals surface area contributed by atoms with Gasteiger partial charge >= 0.3 is 6.18 Å². The quantitative estimate of drug-likeness (QED) is 0.783. The van der Waals surface area contributed by atoms with E-state index in [1.165, 1.54) is 0 Å². The van der Waals surface area contributed by atoms with Crippen LogP contribution >= 0.6 is 0 Å². The molecule has 0 saturated carbocycles. The van der Waals surface area contributed by atoms with Crippen molar-refractivity contribution in [2.24, 2.45) is 11.7 Å². The number of hydrogen-bond donors (Lipinski definition) is 2. The number of halogens is 3. The summed E-state index contributed by atoms with van der Waals surface area (Å²) >= 11 is 0. The summed E-state index contributed by atoms with van der Waals surface area (Å²) in [5.74, 6) is -1.04. The average molecular weight is 234 g/mol. The van der Waals surface area contributed by atoms with E-state index in [2.05, 4.69) is 21.8 Å². The summed E-state index contributed by atoms with van der Waals surface area (Å²) < 4.78 is 36.6. The first kappa shape index (κ1) is 12.7. The molecule has 0 aliphatic heterocycles. The molecule has 0 radical (unpaired) electrons. The zero-order chi connectivity index (χ0) is 12.3. The van der Waals surface area contributed by atoms with Crippen LogP contribution < -0.4 is 5.73 Å². The highest BCUT2D eigenvalue weighted by molar-refractivity contribution is 4.99. The summed E-state index contributed by atoms with van der Waals surface area (Å²) in [7, 11) is 0. The molecule has 0 aliphatic rings. The third-order valence-electron chi connectivity index (χ3n) is 2.14. The van der Waals surface area contributed by atoms with Gasteiger partial charge in [-0.05, 0) is 12.3 Å². The first-order valence-corrected chi connectivity index (χ1v) is 4.72. The molecule has 3 N–H and O–H groups in total. The first-order valence-electron chi connectivity index (χ1n) is 4.72. The van der Waals surface area contributed by atoms with E-state index >= 15 is 0 Å². The number of nitrogens with one attached hydrogen (secondary N) is 1. The van der Waals surface area contributed by atoms with Crippen molar-refractivity contribution in [3.63, 3.8) is 0 Å². The largest absolute Gasteiger partial charge is 0.453 e. The molecule has 1 rings (SSSR count).